The van der Waals surface area contributed by atoms with Crippen molar-refractivity contribution in [2.75, 3.05) is 10.7 Å². The molecule has 0 unspecified atom stereocenters. The van der Waals surface area contributed by atoms with Crippen molar-refractivity contribution in [2.45, 2.75) is 6.92 Å². The van der Waals surface area contributed by atoms with Crippen LogP contribution in [0.3, 0.4) is 0 Å². The first kappa shape index (κ1) is 13.9. The number of carbonyl (C=O) groups is 1. The van der Waals surface area contributed by atoms with Gasteiger partial charge in [-0.15, -0.1) is 0 Å². The number of pyridine rings is 1. The highest BCUT2D eigenvalue weighted by Gasteiger charge is 2.15. The van der Waals surface area contributed by atoms with Gasteiger partial charge in [-0.3, -0.25) is 10.6 Å². The minimum absolute atomic E-state index is 0.163. The molecule has 2 aromatic rings. The molecule has 1 heterocycles. The van der Waals surface area contributed by atoms with E-state index in [-0.39, 0.29) is 5.56 Å². The summed E-state index contributed by atoms with van der Waals surface area (Å²) in [5, 5.41) is 2.48. The molecule has 4 N–H and O–H groups in total. The van der Waals surface area contributed by atoms with Gasteiger partial charge in [0.25, 0.3) is 5.91 Å². The van der Waals surface area contributed by atoms with Gasteiger partial charge in [-0.05, 0) is 30.7 Å². The number of aryl methyl sites for hydroxylation is 1. The molecule has 0 radical (unpaired) electrons. The van der Waals surface area contributed by atoms with E-state index in [1.807, 2.05) is 5.43 Å². The number of halogens is 2. The van der Waals surface area contributed by atoms with E-state index in [0.717, 1.165) is 17.7 Å². The molecule has 0 aliphatic rings. The van der Waals surface area contributed by atoms with Crippen LogP contribution in [0, 0.1) is 18.6 Å². The molecular formula is C13H12F2N4O. The van der Waals surface area contributed by atoms with Gasteiger partial charge >= 0.3 is 0 Å². The molecular weight excluding hydrogens is 266 g/mol. The quantitative estimate of drug-likeness (QED) is 0.594. The molecule has 2 rings (SSSR count). The average Bonchev–Trinajstić information content (AvgIpc) is 2.41. The Bertz CT molecular complexity index is 638. The lowest BCUT2D eigenvalue weighted by molar-refractivity contribution is 0.102. The molecule has 20 heavy (non-hydrogen) atoms. The summed E-state index contributed by atoms with van der Waals surface area (Å²) in [6, 6.07) is 5.26. The zero-order valence-corrected chi connectivity index (χ0v) is 10.6. The van der Waals surface area contributed by atoms with Crippen molar-refractivity contribution < 1.29 is 13.6 Å². The van der Waals surface area contributed by atoms with Crippen LogP contribution in [0.4, 0.5) is 20.3 Å². The number of anilines is 2. The first-order valence-corrected chi connectivity index (χ1v) is 5.71. The van der Waals surface area contributed by atoms with Crippen LogP contribution in [0.5, 0.6) is 0 Å². The number of rotatable bonds is 3. The van der Waals surface area contributed by atoms with E-state index in [1.165, 1.54) is 6.20 Å². The van der Waals surface area contributed by atoms with Gasteiger partial charge in [0.2, 0.25) is 0 Å². The number of nitrogens with zero attached hydrogens (tertiary/aromatic N) is 1. The lowest BCUT2D eigenvalue weighted by Gasteiger charge is -2.09. The van der Waals surface area contributed by atoms with Crippen LogP contribution >= 0.6 is 0 Å². The summed E-state index contributed by atoms with van der Waals surface area (Å²) < 4.78 is 27.0. The highest BCUT2D eigenvalue weighted by molar-refractivity contribution is 6.04. The van der Waals surface area contributed by atoms with Crippen molar-refractivity contribution in [1.82, 2.24) is 4.98 Å². The molecule has 0 atom stereocenters. The molecule has 104 valence electrons. The molecule has 0 saturated heterocycles. The number of hydrogen-bond acceptors (Lipinski definition) is 4. The Labute approximate surface area is 113 Å². The Balaban J connectivity index is 2.29. The summed E-state index contributed by atoms with van der Waals surface area (Å²) in [5.41, 5.74) is 1.98. The Morgan fingerprint density at radius 2 is 1.95 bits per heavy atom. The molecule has 0 aliphatic carbocycles. The highest BCUT2D eigenvalue weighted by Crippen LogP contribution is 2.20. The Kier molecular flexibility index (Phi) is 3.90. The molecule has 0 aliphatic heterocycles. The van der Waals surface area contributed by atoms with Gasteiger partial charge in [0, 0.05) is 11.8 Å². The van der Waals surface area contributed by atoms with Crippen LogP contribution in [0.15, 0.2) is 30.5 Å². The number of hydrazine groups is 1. The third-order valence-corrected chi connectivity index (χ3v) is 2.69. The van der Waals surface area contributed by atoms with Gasteiger partial charge in [-0.2, -0.15) is 0 Å². The summed E-state index contributed by atoms with van der Waals surface area (Å²) in [7, 11) is 0. The predicted molar refractivity (Wildman–Crippen MR) is 71.1 cm³/mol. The third kappa shape index (κ3) is 2.72. The smallest absolute Gasteiger partial charge is 0.257 e. The van der Waals surface area contributed by atoms with Crippen LogP contribution in [0.1, 0.15) is 15.9 Å². The minimum Gasteiger partial charge on any atom is -0.319 e. The molecule has 0 spiro atoms. The molecule has 1 aromatic carbocycles. The Hall–Kier alpha value is -2.54. The topological polar surface area (TPSA) is 80.0 Å². The van der Waals surface area contributed by atoms with E-state index in [4.69, 9.17) is 5.84 Å². The van der Waals surface area contributed by atoms with E-state index in [2.05, 4.69) is 10.3 Å². The first-order valence-electron chi connectivity index (χ1n) is 5.71. The van der Waals surface area contributed by atoms with E-state index >= 15 is 0 Å². The maximum Gasteiger partial charge on any atom is 0.257 e. The third-order valence-electron chi connectivity index (χ3n) is 2.69. The molecule has 0 bridgehead atoms. The fourth-order valence-electron chi connectivity index (χ4n) is 1.64. The summed E-state index contributed by atoms with van der Waals surface area (Å²) in [6.45, 7) is 1.76. The maximum absolute atomic E-state index is 13.5. The molecule has 1 amide bonds. The predicted octanol–water partition coefficient (Wildman–Crippen LogP) is 2.21. The van der Waals surface area contributed by atoms with Crippen LogP contribution in [0.25, 0.3) is 0 Å². The largest absolute Gasteiger partial charge is 0.319 e. The van der Waals surface area contributed by atoms with Crippen LogP contribution in [0.2, 0.25) is 0 Å². The Morgan fingerprint density at radius 3 is 2.50 bits per heavy atom. The van der Waals surface area contributed by atoms with Crippen molar-refractivity contribution in [1.29, 1.82) is 0 Å². The van der Waals surface area contributed by atoms with E-state index < -0.39 is 23.2 Å². The monoisotopic (exact) mass is 278 g/mol. The van der Waals surface area contributed by atoms with Gasteiger partial charge in [-0.25, -0.2) is 13.8 Å². The van der Waals surface area contributed by atoms with Gasteiger partial charge in [0.1, 0.15) is 11.5 Å². The van der Waals surface area contributed by atoms with Gasteiger partial charge in [0.05, 0.1) is 0 Å². The fourth-order valence-corrected chi connectivity index (χ4v) is 1.64. The molecule has 0 fully saturated rings. The molecule has 5 nitrogen and oxygen atoms in total. The number of hydrogen-bond donors (Lipinski definition) is 3. The van der Waals surface area contributed by atoms with Crippen molar-refractivity contribution in [3.8, 4) is 0 Å². The van der Waals surface area contributed by atoms with E-state index in [9.17, 15) is 13.6 Å². The SMILES string of the molecule is Cc1cccnc1NC(=O)c1cc(F)c(NN)c(F)c1. The van der Waals surface area contributed by atoms with Gasteiger partial charge in [0.15, 0.2) is 11.6 Å². The van der Waals surface area contributed by atoms with Gasteiger partial charge < -0.3 is 10.7 Å². The minimum atomic E-state index is -0.949. The second-order valence-electron chi connectivity index (χ2n) is 4.08. The molecule has 0 saturated carbocycles. The highest BCUT2D eigenvalue weighted by atomic mass is 19.1. The number of carbonyl (C=O) groups excluding carboxylic acids is 1. The fraction of sp³-hybridized carbons (Fsp3) is 0.0769. The van der Waals surface area contributed by atoms with E-state index in [0.29, 0.717) is 5.82 Å². The summed E-state index contributed by atoms with van der Waals surface area (Å²) >= 11 is 0. The number of nitrogens with two attached hydrogens (primary N) is 1. The van der Waals surface area contributed by atoms with Crippen LogP contribution in [-0.2, 0) is 0 Å². The zero-order valence-electron chi connectivity index (χ0n) is 10.6. The number of aromatic nitrogens is 1. The lowest BCUT2D eigenvalue weighted by Crippen LogP contribution is -2.16. The van der Waals surface area contributed by atoms with Crippen molar-refractivity contribution in [2.24, 2.45) is 5.84 Å². The summed E-state index contributed by atoms with van der Waals surface area (Å²) in [5.74, 6) is 2.76. The summed E-state index contributed by atoms with van der Waals surface area (Å²) in [6.07, 6.45) is 1.51. The normalized spacial score (nSPS) is 10.2. The molecule has 1 aromatic heterocycles. The number of nitrogen functional groups attached to an aromatic ring is 1. The maximum atomic E-state index is 13.5. The average molecular weight is 278 g/mol. The molecule has 7 heteroatoms. The standard InChI is InChI=1S/C13H12F2N4O/c1-7-3-2-4-17-12(7)18-13(20)8-5-9(14)11(19-16)10(15)6-8/h2-6,19H,16H2,1H3,(H,17,18,20). The second-order valence-corrected chi connectivity index (χ2v) is 4.08. The number of nitrogens with one attached hydrogen (secondary N) is 2. The summed E-state index contributed by atoms with van der Waals surface area (Å²) in [4.78, 5) is 15.9. The van der Waals surface area contributed by atoms with Gasteiger partial charge in [-0.1, -0.05) is 6.07 Å². The Morgan fingerprint density at radius 1 is 1.30 bits per heavy atom. The lowest BCUT2D eigenvalue weighted by atomic mass is 10.1. The van der Waals surface area contributed by atoms with Crippen LogP contribution < -0.4 is 16.6 Å². The van der Waals surface area contributed by atoms with Crippen molar-refractivity contribution >= 4 is 17.4 Å². The number of amides is 1. The van der Waals surface area contributed by atoms with Crippen molar-refractivity contribution in [3.63, 3.8) is 0 Å². The second kappa shape index (κ2) is 5.62. The zero-order chi connectivity index (χ0) is 14.7. The number of benzene rings is 1. The first-order chi connectivity index (χ1) is 9.52. The van der Waals surface area contributed by atoms with Crippen LogP contribution in [-0.4, -0.2) is 10.9 Å². The van der Waals surface area contributed by atoms with Crippen molar-refractivity contribution in [3.05, 3.63) is 53.2 Å². The van der Waals surface area contributed by atoms with E-state index in [1.54, 1.807) is 19.1 Å².